The third kappa shape index (κ3) is 6.93. The fraction of sp³-hybridized carbons (Fsp3) is 0.0476. The molecule has 0 unspecified atom stereocenters. The summed E-state index contributed by atoms with van der Waals surface area (Å²) >= 11 is 0. The van der Waals surface area contributed by atoms with Crippen LogP contribution in [0.25, 0.3) is 77.9 Å². The quantitative estimate of drug-likeness (QED) is 0.140. The van der Waals surface area contributed by atoms with Crippen LogP contribution in [-0.4, -0.2) is 0 Å². The molecule has 0 fully saturated rings. The van der Waals surface area contributed by atoms with Crippen molar-refractivity contribution in [1.29, 1.82) is 0 Å². The Morgan fingerprint density at radius 1 is 0.266 bits per heavy atom. The van der Waals surface area contributed by atoms with Gasteiger partial charge in [-0.3, -0.25) is 0 Å². The summed E-state index contributed by atoms with van der Waals surface area (Å²) in [6.07, 6.45) is 0. The smallest absolute Gasteiger partial charge is 0.0546 e. The maximum absolute atomic E-state index is 2.48. The number of hydrogen-bond acceptors (Lipinski definition) is 1. The van der Waals surface area contributed by atoms with Crippen molar-refractivity contribution in [2.45, 2.75) is 19.3 Å². The van der Waals surface area contributed by atoms with E-state index in [0.29, 0.717) is 0 Å². The van der Waals surface area contributed by atoms with Crippen LogP contribution in [0, 0.1) is 0 Å². The van der Waals surface area contributed by atoms with Gasteiger partial charge in [-0.1, -0.05) is 232 Å². The average Bonchev–Trinajstić information content (AvgIpc) is 3.60. The van der Waals surface area contributed by atoms with Crippen molar-refractivity contribution in [3.05, 3.63) is 260 Å². The second-order valence-electron chi connectivity index (χ2n) is 17.3. The Hall–Kier alpha value is -8.00. The first-order valence-corrected chi connectivity index (χ1v) is 22.3. The molecular formula is C63H47N. The minimum absolute atomic E-state index is 0.0715. The van der Waals surface area contributed by atoms with Gasteiger partial charge in [0.25, 0.3) is 0 Å². The predicted molar refractivity (Wildman–Crippen MR) is 271 cm³/mol. The van der Waals surface area contributed by atoms with Crippen LogP contribution in [-0.2, 0) is 5.41 Å². The third-order valence-corrected chi connectivity index (χ3v) is 13.1. The van der Waals surface area contributed by atoms with E-state index in [2.05, 4.69) is 267 Å². The summed E-state index contributed by atoms with van der Waals surface area (Å²) in [6.45, 7) is 4.71. The molecule has 64 heavy (non-hydrogen) atoms. The zero-order valence-electron chi connectivity index (χ0n) is 36.1. The van der Waals surface area contributed by atoms with Gasteiger partial charge in [-0.25, -0.2) is 0 Å². The van der Waals surface area contributed by atoms with Gasteiger partial charge >= 0.3 is 0 Å². The SMILES string of the molecule is CC1(C)c2ccccc2-c2ccc(-c3ccc(N(c4ccccc4-c4ccc(-c5ccccc5)cc4)c4cccc(-c5ccccc5)c4-c4ccccc4-c4ccccc4)cc3)cc21. The molecule has 304 valence electrons. The Morgan fingerprint density at radius 3 is 1.38 bits per heavy atom. The zero-order valence-corrected chi connectivity index (χ0v) is 36.1. The van der Waals surface area contributed by atoms with Gasteiger partial charge in [0.1, 0.15) is 0 Å². The summed E-state index contributed by atoms with van der Waals surface area (Å²) in [4.78, 5) is 2.48. The van der Waals surface area contributed by atoms with Gasteiger partial charge in [0.05, 0.1) is 11.4 Å². The van der Waals surface area contributed by atoms with E-state index >= 15 is 0 Å². The standard InChI is InChI=1S/C63H47N/c1-63(2)58-30-16-14-27-55(58)56-42-39-50(43-59(56)63)46-37-40-51(41-38-46)64(60-31-17-15-26-53(60)49-35-33-45(34-36-49)44-19-6-3-7-20-44)61-32-18-29-54(48-23-10-5-11-24-48)62(61)57-28-13-12-25-52(57)47-21-8-4-9-22-47/h3-43H,1-2H3. The molecule has 1 nitrogen and oxygen atoms in total. The molecule has 0 saturated carbocycles. The molecule has 0 aromatic heterocycles. The van der Waals surface area contributed by atoms with E-state index in [4.69, 9.17) is 0 Å². The van der Waals surface area contributed by atoms with E-state index in [1.807, 2.05) is 0 Å². The first-order valence-electron chi connectivity index (χ1n) is 22.3. The molecule has 10 aromatic carbocycles. The largest absolute Gasteiger partial charge is 0.309 e. The van der Waals surface area contributed by atoms with Crippen LogP contribution >= 0.6 is 0 Å². The van der Waals surface area contributed by atoms with Crippen molar-refractivity contribution in [1.82, 2.24) is 0 Å². The van der Waals surface area contributed by atoms with E-state index in [0.717, 1.165) is 28.2 Å². The van der Waals surface area contributed by atoms with Crippen LogP contribution in [0.4, 0.5) is 17.1 Å². The van der Waals surface area contributed by atoms with Crippen LogP contribution < -0.4 is 4.90 Å². The molecule has 11 rings (SSSR count). The maximum atomic E-state index is 2.48. The Balaban J connectivity index is 1.11. The number of nitrogens with zero attached hydrogens (tertiary/aromatic N) is 1. The average molecular weight is 818 g/mol. The van der Waals surface area contributed by atoms with E-state index in [1.165, 1.54) is 77.9 Å². The number of fused-ring (bicyclic) bond motifs is 3. The lowest BCUT2D eigenvalue weighted by Crippen LogP contribution is -2.14. The second-order valence-corrected chi connectivity index (χ2v) is 17.3. The molecular weight excluding hydrogens is 771 g/mol. The lowest BCUT2D eigenvalue weighted by atomic mass is 9.81. The highest BCUT2D eigenvalue weighted by molar-refractivity contribution is 6.02. The molecule has 10 aromatic rings. The van der Waals surface area contributed by atoms with Crippen molar-refractivity contribution >= 4 is 17.1 Å². The topological polar surface area (TPSA) is 3.24 Å². The molecule has 0 aliphatic heterocycles. The number of para-hydroxylation sites is 1. The summed E-state index contributed by atoms with van der Waals surface area (Å²) < 4.78 is 0. The molecule has 1 aliphatic rings. The van der Waals surface area contributed by atoms with Crippen molar-refractivity contribution in [3.63, 3.8) is 0 Å². The highest BCUT2D eigenvalue weighted by atomic mass is 15.1. The molecule has 1 aliphatic carbocycles. The van der Waals surface area contributed by atoms with Gasteiger partial charge in [-0.05, 0) is 108 Å². The number of hydrogen-bond donors (Lipinski definition) is 0. The van der Waals surface area contributed by atoms with Crippen molar-refractivity contribution in [3.8, 4) is 77.9 Å². The van der Waals surface area contributed by atoms with Gasteiger partial charge in [0, 0.05) is 22.2 Å². The summed E-state index contributed by atoms with van der Waals surface area (Å²) in [7, 11) is 0. The van der Waals surface area contributed by atoms with Crippen LogP contribution in [0.5, 0.6) is 0 Å². The van der Waals surface area contributed by atoms with Gasteiger partial charge in [-0.15, -0.1) is 0 Å². The highest BCUT2D eigenvalue weighted by Crippen LogP contribution is 2.52. The zero-order chi connectivity index (χ0) is 43.0. The Labute approximate surface area is 377 Å². The minimum atomic E-state index is -0.0715. The molecule has 0 spiro atoms. The van der Waals surface area contributed by atoms with E-state index in [1.54, 1.807) is 0 Å². The fourth-order valence-corrected chi connectivity index (χ4v) is 9.92. The van der Waals surface area contributed by atoms with E-state index < -0.39 is 0 Å². The first kappa shape index (κ1) is 38.9. The van der Waals surface area contributed by atoms with Crippen molar-refractivity contribution < 1.29 is 0 Å². The third-order valence-electron chi connectivity index (χ3n) is 13.1. The summed E-state index contributed by atoms with van der Waals surface area (Å²) in [5.74, 6) is 0. The fourth-order valence-electron chi connectivity index (χ4n) is 9.92. The lowest BCUT2D eigenvalue weighted by molar-refractivity contribution is 0.660. The van der Waals surface area contributed by atoms with E-state index in [9.17, 15) is 0 Å². The molecule has 0 atom stereocenters. The number of anilines is 3. The molecule has 0 heterocycles. The monoisotopic (exact) mass is 817 g/mol. The molecule has 0 bridgehead atoms. The summed E-state index contributed by atoms with van der Waals surface area (Å²) in [6, 6.07) is 90.9. The lowest BCUT2D eigenvalue weighted by Gasteiger charge is -2.31. The number of rotatable bonds is 9. The van der Waals surface area contributed by atoms with Gasteiger partial charge < -0.3 is 4.90 Å². The summed E-state index contributed by atoms with van der Waals surface area (Å²) in [5, 5.41) is 0. The highest BCUT2D eigenvalue weighted by Gasteiger charge is 2.35. The Kier molecular flexibility index (Phi) is 9.94. The normalized spacial score (nSPS) is 12.3. The molecule has 0 N–H and O–H groups in total. The Morgan fingerprint density at radius 2 is 0.688 bits per heavy atom. The predicted octanol–water partition coefficient (Wildman–Crippen LogP) is 17.5. The van der Waals surface area contributed by atoms with Crippen LogP contribution in [0.15, 0.2) is 249 Å². The second kappa shape index (κ2) is 16.4. The van der Waals surface area contributed by atoms with Gasteiger partial charge in [0.2, 0.25) is 0 Å². The molecule has 0 amide bonds. The maximum Gasteiger partial charge on any atom is 0.0546 e. The van der Waals surface area contributed by atoms with E-state index in [-0.39, 0.29) is 5.41 Å². The molecule has 0 radical (unpaired) electrons. The van der Waals surface area contributed by atoms with Crippen molar-refractivity contribution in [2.75, 3.05) is 4.90 Å². The molecule has 1 heteroatoms. The van der Waals surface area contributed by atoms with Crippen molar-refractivity contribution in [2.24, 2.45) is 0 Å². The van der Waals surface area contributed by atoms with Crippen LogP contribution in [0.1, 0.15) is 25.0 Å². The van der Waals surface area contributed by atoms with Crippen LogP contribution in [0.3, 0.4) is 0 Å². The molecule has 0 saturated heterocycles. The van der Waals surface area contributed by atoms with Gasteiger partial charge in [-0.2, -0.15) is 0 Å². The Bertz CT molecular complexity index is 3260. The minimum Gasteiger partial charge on any atom is -0.309 e. The van der Waals surface area contributed by atoms with Crippen LogP contribution in [0.2, 0.25) is 0 Å². The first-order chi connectivity index (χ1) is 31.5. The van der Waals surface area contributed by atoms with Gasteiger partial charge in [0.15, 0.2) is 0 Å². The summed E-state index contributed by atoms with van der Waals surface area (Å²) in [5.41, 5.74) is 22.9. The number of benzene rings is 10.